The molecule has 5 heteroatoms. The lowest BCUT2D eigenvalue weighted by molar-refractivity contribution is -0.121. The highest BCUT2D eigenvalue weighted by Crippen LogP contribution is 2.16. The molecule has 0 saturated carbocycles. The Morgan fingerprint density at radius 2 is 2.19 bits per heavy atom. The minimum atomic E-state index is -0.804. The molecule has 1 aliphatic rings. The maximum absolute atomic E-state index is 11.5. The average molecular weight is 230 g/mol. The monoisotopic (exact) mass is 230 g/mol. The van der Waals surface area contributed by atoms with Crippen LogP contribution in [-0.4, -0.2) is 48.5 Å². The van der Waals surface area contributed by atoms with Gasteiger partial charge in [-0.1, -0.05) is 0 Å². The Labute approximate surface area is 96.6 Å². The Morgan fingerprint density at radius 1 is 1.50 bits per heavy atom. The van der Waals surface area contributed by atoms with Gasteiger partial charge in [-0.05, 0) is 20.8 Å². The zero-order valence-electron chi connectivity index (χ0n) is 10.3. The second-order valence-corrected chi connectivity index (χ2v) is 5.43. The molecule has 1 rings (SSSR count). The third-order valence-electron chi connectivity index (χ3n) is 2.34. The lowest BCUT2D eigenvalue weighted by Gasteiger charge is -2.23. The summed E-state index contributed by atoms with van der Waals surface area (Å²) >= 11 is 0. The van der Waals surface area contributed by atoms with E-state index in [0.717, 1.165) is 0 Å². The molecule has 5 nitrogen and oxygen atoms in total. The molecule has 0 bridgehead atoms. The molecule has 1 atom stereocenters. The van der Waals surface area contributed by atoms with Crippen LogP contribution in [-0.2, 0) is 9.53 Å². The van der Waals surface area contributed by atoms with Gasteiger partial charge in [0.15, 0.2) is 0 Å². The third kappa shape index (κ3) is 4.92. The van der Waals surface area contributed by atoms with E-state index in [-0.39, 0.29) is 18.0 Å². The summed E-state index contributed by atoms with van der Waals surface area (Å²) < 4.78 is 5.11. The number of amides is 1. The molecule has 0 aromatic rings. The van der Waals surface area contributed by atoms with Crippen molar-refractivity contribution >= 4 is 5.91 Å². The summed E-state index contributed by atoms with van der Waals surface area (Å²) in [4.78, 5) is 11.5. The van der Waals surface area contributed by atoms with E-state index in [1.807, 2.05) is 20.8 Å². The fourth-order valence-electron chi connectivity index (χ4n) is 1.61. The fraction of sp³-hybridized carbons (Fsp3) is 0.909. The van der Waals surface area contributed by atoms with Crippen molar-refractivity contribution in [3.63, 3.8) is 0 Å². The van der Waals surface area contributed by atoms with Crippen LogP contribution in [0, 0.1) is 0 Å². The largest absolute Gasteiger partial charge is 0.386 e. The van der Waals surface area contributed by atoms with Crippen molar-refractivity contribution in [1.29, 1.82) is 0 Å². The highest BCUT2D eigenvalue weighted by Gasteiger charge is 2.31. The lowest BCUT2D eigenvalue weighted by atomic mass is 10.0. The SMILES string of the molecule is CC(C)(C)NC(=O)CNCC1(O)CCOC1. The van der Waals surface area contributed by atoms with Gasteiger partial charge in [0.05, 0.1) is 13.2 Å². The van der Waals surface area contributed by atoms with Crippen molar-refractivity contribution in [1.82, 2.24) is 10.6 Å². The van der Waals surface area contributed by atoms with Gasteiger partial charge in [0.2, 0.25) is 5.91 Å². The number of carbonyl (C=O) groups is 1. The minimum Gasteiger partial charge on any atom is -0.386 e. The maximum Gasteiger partial charge on any atom is 0.234 e. The first-order valence-corrected chi connectivity index (χ1v) is 5.63. The zero-order valence-corrected chi connectivity index (χ0v) is 10.3. The van der Waals surface area contributed by atoms with E-state index in [9.17, 15) is 9.90 Å². The van der Waals surface area contributed by atoms with E-state index in [0.29, 0.717) is 26.2 Å². The quantitative estimate of drug-likeness (QED) is 0.617. The molecular formula is C11H22N2O3. The highest BCUT2D eigenvalue weighted by atomic mass is 16.5. The molecule has 0 aromatic heterocycles. The number of carbonyl (C=O) groups excluding carboxylic acids is 1. The van der Waals surface area contributed by atoms with Crippen LogP contribution in [0.1, 0.15) is 27.2 Å². The first-order chi connectivity index (χ1) is 7.31. The molecule has 94 valence electrons. The summed E-state index contributed by atoms with van der Waals surface area (Å²) in [5.74, 6) is -0.0602. The van der Waals surface area contributed by atoms with Gasteiger partial charge in [0, 0.05) is 25.1 Å². The first-order valence-electron chi connectivity index (χ1n) is 5.63. The number of hydrogen-bond donors (Lipinski definition) is 3. The van der Waals surface area contributed by atoms with E-state index in [1.54, 1.807) is 0 Å². The van der Waals surface area contributed by atoms with Crippen LogP contribution in [0.15, 0.2) is 0 Å². The van der Waals surface area contributed by atoms with Gasteiger partial charge in [0.1, 0.15) is 5.60 Å². The van der Waals surface area contributed by atoms with Crippen LogP contribution < -0.4 is 10.6 Å². The van der Waals surface area contributed by atoms with Crippen molar-refractivity contribution in [3.05, 3.63) is 0 Å². The summed E-state index contributed by atoms with van der Waals surface area (Å²) in [6, 6.07) is 0. The zero-order chi connectivity index (χ0) is 12.2. The molecule has 1 unspecified atom stereocenters. The molecular weight excluding hydrogens is 208 g/mol. The van der Waals surface area contributed by atoms with Crippen LogP contribution in [0.2, 0.25) is 0 Å². The van der Waals surface area contributed by atoms with Crippen molar-refractivity contribution < 1.29 is 14.6 Å². The summed E-state index contributed by atoms with van der Waals surface area (Å²) in [6.07, 6.45) is 0.626. The van der Waals surface area contributed by atoms with Crippen molar-refractivity contribution in [3.8, 4) is 0 Å². The van der Waals surface area contributed by atoms with Crippen molar-refractivity contribution in [2.45, 2.75) is 38.3 Å². The van der Waals surface area contributed by atoms with Gasteiger partial charge in [-0.3, -0.25) is 4.79 Å². The number of aliphatic hydroxyl groups is 1. The van der Waals surface area contributed by atoms with Crippen molar-refractivity contribution in [2.75, 3.05) is 26.3 Å². The van der Waals surface area contributed by atoms with E-state index in [1.165, 1.54) is 0 Å². The maximum atomic E-state index is 11.5. The van der Waals surface area contributed by atoms with E-state index < -0.39 is 5.60 Å². The smallest absolute Gasteiger partial charge is 0.234 e. The third-order valence-corrected chi connectivity index (χ3v) is 2.34. The first kappa shape index (κ1) is 13.4. The molecule has 1 aliphatic heterocycles. The van der Waals surface area contributed by atoms with E-state index >= 15 is 0 Å². The van der Waals surface area contributed by atoms with Gasteiger partial charge in [-0.2, -0.15) is 0 Å². The summed E-state index contributed by atoms with van der Waals surface area (Å²) in [6.45, 7) is 7.35. The Bertz CT molecular complexity index is 242. The molecule has 1 amide bonds. The van der Waals surface area contributed by atoms with Gasteiger partial charge in [0.25, 0.3) is 0 Å². The number of nitrogens with one attached hydrogen (secondary N) is 2. The van der Waals surface area contributed by atoms with Crippen LogP contribution in [0.4, 0.5) is 0 Å². The highest BCUT2D eigenvalue weighted by molar-refractivity contribution is 5.78. The number of hydrogen-bond acceptors (Lipinski definition) is 4. The molecule has 1 heterocycles. The summed E-state index contributed by atoms with van der Waals surface area (Å²) in [5.41, 5.74) is -1.02. The topological polar surface area (TPSA) is 70.6 Å². The van der Waals surface area contributed by atoms with Gasteiger partial charge >= 0.3 is 0 Å². The van der Waals surface area contributed by atoms with Gasteiger partial charge in [-0.15, -0.1) is 0 Å². The van der Waals surface area contributed by atoms with Crippen LogP contribution >= 0.6 is 0 Å². The Hall–Kier alpha value is -0.650. The molecule has 0 spiro atoms. The van der Waals surface area contributed by atoms with Gasteiger partial charge < -0.3 is 20.5 Å². The standard InChI is InChI=1S/C11H22N2O3/c1-10(2,3)13-9(14)6-12-7-11(15)4-5-16-8-11/h12,15H,4-8H2,1-3H3,(H,13,14). The Morgan fingerprint density at radius 3 is 2.69 bits per heavy atom. The molecule has 3 N–H and O–H groups in total. The molecule has 1 saturated heterocycles. The molecule has 0 radical (unpaired) electrons. The predicted octanol–water partition coefficient (Wildman–Crippen LogP) is -0.358. The minimum absolute atomic E-state index is 0.0602. The Balaban J connectivity index is 2.18. The van der Waals surface area contributed by atoms with Crippen LogP contribution in [0.3, 0.4) is 0 Å². The van der Waals surface area contributed by atoms with Gasteiger partial charge in [-0.25, -0.2) is 0 Å². The second-order valence-electron chi connectivity index (χ2n) is 5.43. The van der Waals surface area contributed by atoms with Crippen LogP contribution in [0.5, 0.6) is 0 Å². The predicted molar refractivity (Wildman–Crippen MR) is 61.2 cm³/mol. The van der Waals surface area contributed by atoms with E-state index in [2.05, 4.69) is 10.6 Å². The molecule has 0 aromatic carbocycles. The second kappa shape index (κ2) is 5.12. The Kier molecular flexibility index (Phi) is 4.29. The molecule has 16 heavy (non-hydrogen) atoms. The van der Waals surface area contributed by atoms with Crippen molar-refractivity contribution in [2.24, 2.45) is 0 Å². The summed E-state index contributed by atoms with van der Waals surface area (Å²) in [7, 11) is 0. The van der Waals surface area contributed by atoms with Crippen LogP contribution in [0.25, 0.3) is 0 Å². The average Bonchev–Trinajstić information content (AvgIpc) is 2.49. The number of rotatable bonds is 4. The molecule has 0 aliphatic carbocycles. The van der Waals surface area contributed by atoms with E-state index in [4.69, 9.17) is 4.74 Å². The number of ether oxygens (including phenoxy) is 1. The lowest BCUT2D eigenvalue weighted by Crippen LogP contribution is -2.48. The summed E-state index contributed by atoms with van der Waals surface area (Å²) in [5, 5.41) is 15.7. The normalized spacial score (nSPS) is 25.8. The fourth-order valence-corrected chi connectivity index (χ4v) is 1.61. The molecule has 1 fully saturated rings.